The molecule has 2 rings (SSSR count). The number of nitrogens with one attached hydrogen (secondary N) is 2. The first kappa shape index (κ1) is 13.3. The number of nitrogens with zero attached hydrogens (tertiary/aromatic N) is 2. The van der Waals surface area contributed by atoms with Crippen molar-refractivity contribution < 1.29 is 9.59 Å². The van der Waals surface area contributed by atoms with Crippen molar-refractivity contribution in [2.24, 2.45) is 0 Å². The van der Waals surface area contributed by atoms with E-state index >= 15 is 0 Å². The molecule has 0 aliphatic carbocycles. The number of aromatic nitrogens is 2. The van der Waals surface area contributed by atoms with E-state index in [9.17, 15) is 9.59 Å². The number of nitrogen functional groups attached to an aromatic ring is 1. The summed E-state index contributed by atoms with van der Waals surface area (Å²) in [5, 5.41) is 5.34. The van der Waals surface area contributed by atoms with Crippen molar-refractivity contribution in [3.8, 4) is 0 Å². The molecule has 0 saturated carbocycles. The van der Waals surface area contributed by atoms with Crippen molar-refractivity contribution in [1.82, 2.24) is 15.3 Å². The summed E-state index contributed by atoms with van der Waals surface area (Å²) in [5.41, 5.74) is 6.52. The summed E-state index contributed by atoms with van der Waals surface area (Å²) in [5.74, 6) is 1.01. The highest BCUT2D eigenvalue weighted by Gasteiger charge is 2.27. The van der Waals surface area contributed by atoms with E-state index in [1.54, 1.807) is 6.92 Å². The van der Waals surface area contributed by atoms with Gasteiger partial charge in [0.15, 0.2) is 0 Å². The number of hydrogen-bond donors (Lipinski definition) is 3. The third-order valence-corrected chi connectivity index (χ3v) is 3.10. The standard InChI is InChI=1S/C12H17N5O2/c1-3-8-15-10(13)6(2)11(16-8)14-7-4-5-9(18)17-12(7)19/h7H,3-5H2,1-2H3,(H,17,18,19)(H3,13,14,15,16). The van der Waals surface area contributed by atoms with Crippen LogP contribution in [0.25, 0.3) is 0 Å². The van der Waals surface area contributed by atoms with E-state index in [2.05, 4.69) is 20.6 Å². The van der Waals surface area contributed by atoms with E-state index in [4.69, 9.17) is 5.73 Å². The Morgan fingerprint density at radius 1 is 1.42 bits per heavy atom. The lowest BCUT2D eigenvalue weighted by Crippen LogP contribution is -2.47. The molecule has 1 unspecified atom stereocenters. The molecule has 102 valence electrons. The lowest BCUT2D eigenvalue weighted by molar-refractivity contribution is -0.133. The molecule has 1 aromatic rings. The Morgan fingerprint density at radius 3 is 2.79 bits per heavy atom. The van der Waals surface area contributed by atoms with E-state index in [-0.39, 0.29) is 11.8 Å². The van der Waals surface area contributed by atoms with Crippen molar-refractivity contribution in [1.29, 1.82) is 0 Å². The van der Waals surface area contributed by atoms with E-state index < -0.39 is 6.04 Å². The molecular weight excluding hydrogens is 246 g/mol. The number of carbonyl (C=O) groups excluding carboxylic acids is 2. The minimum absolute atomic E-state index is 0.240. The topological polar surface area (TPSA) is 110 Å². The van der Waals surface area contributed by atoms with Crippen LogP contribution in [0, 0.1) is 6.92 Å². The molecule has 1 aliphatic rings. The van der Waals surface area contributed by atoms with E-state index in [1.807, 2.05) is 6.92 Å². The number of nitrogens with two attached hydrogens (primary N) is 1. The number of piperidine rings is 1. The first-order chi connectivity index (χ1) is 9.01. The molecule has 1 saturated heterocycles. The SMILES string of the molecule is CCc1nc(N)c(C)c(NC2CCC(=O)NC2=O)n1. The summed E-state index contributed by atoms with van der Waals surface area (Å²) in [6.07, 6.45) is 1.44. The van der Waals surface area contributed by atoms with Crippen LogP contribution in [0.5, 0.6) is 0 Å². The predicted molar refractivity (Wildman–Crippen MR) is 70.4 cm³/mol. The minimum Gasteiger partial charge on any atom is -0.383 e. The van der Waals surface area contributed by atoms with Gasteiger partial charge in [0.1, 0.15) is 23.5 Å². The molecule has 7 heteroatoms. The van der Waals surface area contributed by atoms with Crippen LogP contribution in [-0.2, 0) is 16.0 Å². The highest BCUT2D eigenvalue weighted by Crippen LogP contribution is 2.20. The summed E-state index contributed by atoms with van der Waals surface area (Å²) < 4.78 is 0. The van der Waals surface area contributed by atoms with Gasteiger partial charge in [-0.1, -0.05) is 6.92 Å². The van der Waals surface area contributed by atoms with Crippen molar-refractivity contribution in [2.45, 2.75) is 39.2 Å². The molecule has 1 aliphatic heterocycles. The van der Waals surface area contributed by atoms with E-state index in [0.717, 1.165) is 0 Å². The third kappa shape index (κ3) is 2.81. The quantitative estimate of drug-likeness (QED) is 0.669. The van der Waals surface area contributed by atoms with Gasteiger partial charge in [0.2, 0.25) is 11.8 Å². The van der Waals surface area contributed by atoms with Gasteiger partial charge in [0.25, 0.3) is 0 Å². The second-order valence-electron chi connectivity index (χ2n) is 4.50. The average Bonchev–Trinajstić information content (AvgIpc) is 2.37. The molecule has 0 radical (unpaired) electrons. The van der Waals surface area contributed by atoms with E-state index in [1.165, 1.54) is 0 Å². The number of rotatable bonds is 3. The minimum atomic E-state index is -0.463. The van der Waals surface area contributed by atoms with Crippen LogP contribution in [0.2, 0.25) is 0 Å². The highest BCUT2D eigenvalue weighted by atomic mass is 16.2. The van der Waals surface area contributed by atoms with Crippen LogP contribution in [0.3, 0.4) is 0 Å². The number of anilines is 2. The predicted octanol–water partition coefficient (Wildman–Crippen LogP) is 0.147. The van der Waals surface area contributed by atoms with Gasteiger partial charge < -0.3 is 11.1 Å². The Hall–Kier alpha value is -2.18. The van der Waals surface area contributed by atoms with Crippen molar-refractivity contribution in [2.75, 3.05) is 11.1 Å². The summed E-state index contributed by atoms with van der Waals surface area (Å²) in [7, 11) is 0. The largest absolute Gasteiger partial charge is 0.383 e. The van der Waals surface area contributed by atoms with Crippen LogP contribution in [0.15, 0.2) is 0 Å². The smallest absolute Gasteiger partial charge is 0.249 e. The first-order valence-electron chi connectivity index (χ1n) is 6.24. The Kier molecular flexibility index (Phi) is 3.64. The molecule has 2 amide bonds. The zero-order chi connectivity index (χ0) is 14.0. The molecule has 4 N–H and O–H groups in total. The van der Waals surface area contributed by atoms with Gasteiger partial charge in [-0.3, -0.25) is 14.9 Å². The Labute approximate surface area is 111 Å². The molecule has 0 spiro atoms. The van der Waals surface area contributed by atoms with Crippen LogP contribution in [0.1, 0.15) is 31.2 Å². The zero-order valence-electron chi connectivity index (χ0n) is 11.0. The van der Waals surface area contributed by atoms with Crippen LogP contribution < -0.4 is 16.4 Å². The van der Waals surface area contributed by atoms with E-state index in [0.29, 0.717) is 42.3 Å². The molecule has 19 heavy (non-hydrogen) atoms. The number of amides is 2. The number of aryl methyl sites for hydroxylation is 1. The maximum absolute atomic E-state index is 11.7. The fourth-order valence-electron chi connectivity index (χ4n) is 1.88. The third-order valence-electron chi connectivity index (χ3n) is 3.10. The van der Waals surface area contributed by atoms with Crippen LogP contribution >= 0.6 is 0 Å². The lowest BCUT2D eigenvalue weighted by atomic mass is 10.1. The van der Waals surface area contributed by atoms with Crippen molar-refractivity contribution >= 4 is 23.5 Å². The number of imide groups is 1. The first-order valence-corrected chi connectivity index (χ1v) is 6.24. The fraction of sp³-hybridized carbons (Fsp3) is 0.500. The maximum Gasteiger partial charge on any atom is 0.249 e. The Morgan fingerprint density at radius 2 is 2.16 bits per heavy atom. The van der Waals surface area contributed by atoms with Crippen molar-refractivity contribution in [3.63, 3.8) is 0 Å². The van der Waals surface area contributed by atoms with Gasteiger partial charge in [0.05, 0.1) is 0 Å². The summed E-state index contributed by atoms with van der Waals surface area (Å²) in [6.45, 7) is 3.73. The maximum atomic E-state index is 11.7. The van der Waals surface area contributed by atoms with Gasteiger partial charge in [-0.15, -0.1) is 0 Å². The van der Waals surface area contributed by atoms with Gasteiger partial charge in [-0.2, -0.15) is 0 Å². The molecule has 2 heterocycles. The lowest BCUT2D eigenvalue weighted by Gasteiger charge is -2.23. The van der Waals surface area contributed by atoms with Crippen LogP contribution in [0.4, 0.5) is 11.6 Å². The van der Waals surface area contributed by atoms with Gasteiger partial charge in [-0.05, 0) is 13.3 Å². The number of hydrogen-bond acceptors (Lipinski definition) is 6. The fourth-order valence-corrected chi connectivity index (χ4v) is 1.88. The Bertz CT molecular complexity index is 529. The van der Waals surface area contributed by atoms with Gasteiger partial charge in [-0.25, -0.2) is 9.97 Å². The number of carbonyl (C=O) groups is 2. The zero-order valence-corrected chi connectivity index (χ0v) is 11.0. The summed E-state index contributed by atoms with van der Waals surface area (Å²) >= 11 is 0. The summed E-state index contributed by atoms with van der Waals surface area (Å²) in [6, 6.07) is -0.463. The molecule has 7 nitrogen and oxygen atoms in total. The molecule has 0 bridgehead atoms. The molecular formula is C12H17N5O2. The van der Waals surface area contributed by atoms with Gasteiger partial charge in [0, 0.05) is 18.4 Å². The highest BCUT2D eigenvalue weighted by molar-refractivity contribution is 6.01. The molecule has 1 atom stereocenters. The van der Waals surface area contributed by atoms with Crippen LogP contribution in [-0.4, -0.2) is 27.8 Å². The van der Waals surface area contributed by atoms with Gasteiger partial charge >= 0.3 is 0 Å². The second kappa shape index (κ2) is 5.21. The Balaban J connectivity index is 2.21. The average molecular weight is 263 g/mol. The monoisotopic (exact) mass is 263 g/mol. The second-order valence-corrected chi connectivity index (χ2v) is 4.50. The molecule has 1 fully saturated rings. The molecule has 1 aromatic heterocycles. The molecule has 0 aromatic carbocycles. The van der Waals surface area contributed by atoms with Crippen molar-refractivity contribution in [3.05, 3.63) is 11.4 Å². The summed E-state index contributed by atoms with van der Waals surface area (Å²) in [4.78, 5) is 31.3. The normalized spacial score (nSPS) is 19.2.